The average Bonchev–Trinajstić information content (AvgIpc) is 3.77. The molecular formula is C46H45FN10O5. The topological polar surface area (TPSA) is 167 Å². The molecule has 1 saturated carbocycles. The molecule has 15 nitrogen and oxygen atoms in total. The Morgan fingerprint density at radius 2 is 1.76 bits per heavy atom. The lowest BCUT2D eigenvalue weighted by atomic mass is 9.83. The highest BCUT2D eigenvalue weighted by atomic mass is 19.1. The molecule has 1 aliphatic carbocycles. The molecule has 0 bridgehead atoms. The van der Waals surface area contributed by atoms with Crippen LogP contribution in [0.2, 0.25) is 0 Å². The number of amides is 1. The molecule has 2 fully saturated rings. The fourth-order valence-corrected chi connectivity index (χ4v) is 10.1. The van der Waals surface area contributed by atoms with E-state index in [0.717, 1.165) is 40.5 Å². The van der Waals surface area contributed by atoms with Gasteiger partial charge in [-0.3, -0.25) is 23.4 Å². The Kier molecular flexibility index (Phi) is 8.36. The number of rotatable bonds is 7. The third-order valence-electron chi connectivity index (χ3n) is 13.3. The summed E-state index contributed by atoms with van der Waals surface area (Å²) in [5, 5.41) is 10.1. The summed E-state index contributed by atoms with van der Waals surface area (Å²) in [4.78, 5) is 54.4. The molecule has 0 spiro atoms. The Morgan fingerprint density at radius 3 is 2.50 bits per heavy atom. The van der Waals surface area contributed by atoms with Crippen molar-refractivity contribution < 1.29 is 18.4 Å². The number of hydrogen-bond donors (Lipinski definition) is 2. The second-order valence-electron chi connectivity index (χ2n) is 17.8. The van der Waals surface area contributed by atoms with Crippen molar-refractivity contribution in [1.82, 2.24) is 48.5 Å². The first-order valence-corrected chi connectivity index (χ1v) is 21.1. The number of imidazole rings is 2. The van der Waals surface area contributed by atoms with Crippen LogP contribution in [0, 0.1) is 19.7 Å². The molecule has 2 aliphatic heterocycles. The minimum atomic E-state index is -0.783. The van der Waals surface area contributed by atoms with Gasteiger partial charge in [0.1, 0.15) is 22.9 Å². The summed E-state index contributed by atoms with van der Waals surface area (Å²) >= 11 is 0. The largest absolute Gasteiger partial charge is 0.438 e. The van der Waals surface area contributed by atoms with Crippen molar-refractivity contribution >= 4 is 27.8 Å². The molecule has 1 amide bonds. The molecule has 0 radical (unpaired) electrons. The fraction of sp³-hybridized carbons (Fsp3) is 0.348. The first-order chi connectivity index (χ1) is 29.8. The van der Waals surface area contributed by atoms with Gasteiger partial charge < -0.3 is 19.2 Å². The van der Waals surface area contributed by atoms with Gasteiger partial charge in [0.05, 0.1) is 46.1 Å². The summed E-state index contributed by atoms with van der Waals surface area (Å²) in [7, 11) is 0. The summed E-state index contributed by atoms with van der Waals surface area (Å²) in [5.41, 5.74) is 6.26. The maximum Gasteiger partial charge on any atom is 0.438 e. The van der Waals surface area contributed by atoms with E-state index < -0.39 is 17.3 Å². The first kappa shape index (κ1) is 38.1. The SMILES string of the molecule is Cc1cc(-n2nc3c(c2-n2ccn(-c4ccc5nc[nH]c5c4)c2=O)[C@H](C)N(C(=O)c2cc4cc([C@H]5CCOC(C)(C)C5)ccc4n2C2(c4noc(=O)[nH]4)CC2)CC3)cc(C)c1F. The van der Waals surface area contributed by atoms with Gasteiger partial charge in [0.15, 0.2) is 5.82 Å². The lowest BCUT2D eigenvalue weighted by molar-refractivity contribution is -0.0592. The number of hydrogen-bond acceptors (Lipinski definition) is 8. The molecule has 16 heteroatoms. The second kappa shape index (κ2) is 13.6. The van der Waals surface area contributed by atoms with E-state index in [9.17, 15) is 9.59 Å². The van der Waals surface area contributed by atoms with Crippen LogP contribution in [0.4, 0.5) is 4.39 Å². The third kappa shape index (κ3) is 5.86. The van der Waals surface area contributed by atoms with Crippen molar-refractivity contribution in [1.29, 1.82) is 0 Å². The van der Waals surface area contributed by atoms with E-state index >= 15 is 9.18 Å². The Morgan fingerprint density at radius 1 is 0.968 bits per heavy atom. The van der Waals surface area contributed by atoms with Gasteiger partial charge in [0, 0.05) is 48.4 Å². The van der Waals surface area contributed by atoms with Gasteiger partial charge in [-0.25, -0.2) is 23.6 Å². The van der Waals surface area contributed by atoms with Crippen LogP contribution < -0.4 is 11.4 Å². The van der Waals surface area contributed by atoms with Crippen molar-refractivity contribution in [3.8, 4) is 17.2 Å². The number of carbonyl (C=O) groups excluding carboxylic acids is 1. The number of nitrogens with one attached hydrogen (secondary N) is 2. The van der Waals surface area contributed by atoms with Crippen molar-refractivity contribution in [2.24, 2.45) is 0 Å². The highest BCUT2D eigenvalue weighted by Gasteiger charge is 2.52. The van der Waals surface area contributed by atoms with E-state index in [0.29, 0.717) is 83.7 Å². The average molecular weight is 837 g/mol. The minimum Gasteiger partial charge on any atom is -0.376 e. The number of H-pyrrole nitrogens is 2. The monoisotopic (exact) mass is 836 g/mol. The van der Waals surface area contributed by atoms with E-state index in [-0.39, 0.29) is 23.0 Å². The molecule has 316 valence electrons. The van der Waals surface area contributed by atoms with Gasteiger partial charge in [0.25, 0.3) is 5.91 Å². The third-order valence-corrected chi connectivity index (χ3v) is 13.3. The lowest BCUT2D eigenvalue weighted by Crippen LogP contribution is -2.41. The van der Waals surface area contributed by atoms with Crippen LogP contribution in [0.3, 0.4) is 0 Å². The summed E-state index contributed by atoms with van der Waals surface area (Å²) in [6, 6.07) is 16.8. The Labute approximate surface area is 353 Å². The molecule has 3 aromatic carbocycles. The van der Waals surface area contributed by atoms with E-state index in [4.69, 9.17) is 14.4 Å². The van der Waals surface area contributed by atoms with Gasteiger partial charge in [-0.05, 0) is 131 Å². The number of aryl methyl sites for hydroxylation is 2. The quantitative estimate of drug-likeness (QED) is 0.172. The summed E-state index contributed by atoms with van der Waals surface area (Å²) in [6.07, 6.45) is 8.50. The molecule has 1 saturated heterocycles. The number of aromatic amines is 2. The highest BCUT2D eigenvalue weighted by molar-refractivity contribution is 6.00. The zero-order chi connectivity index (χ0) is 42.8. The smallest absolute Gasteiger partial charge is 0.376 e. The number of carbonyl (C=O) groups is 1. The van der Waals surface area contributed by atoms with Crippen LogP contribution in [0.1, 0.15) is 103 Å². The van der Waals surface area contributed by atoms with Crippen molar-refractivity contribution in [3.05, 3.63) is 140 Å². The number of nitrogens with zero attached hydrogens (tertiary/aromatic N) is 8. The van der Waals surface area contributed by atoms with Crippen LogP contribution in [-0.2, 0) is 16.7 Å². The Balaban J connectivity index is 1.05. The highest BCUT2D eigenvalue weighted by Crippen LogP contribution is 2.51. The summed E-state index contributed by atoms with van der Waals surface area (Å²) < 4.78 is 33.0. The standard InChI is InChI=1S/C46H45FN10O5/c1-25-18-32(19-26(2)39(25)47)57-40(55-16-15-54(44(55)60)31-7-8-33-35(22-31)49-24-48-33)38-27(3)53(14-10-34(38)51-57)41(58)37-21-30-20-28(29-11-17-61-45(4,5)23-29)6-9-36(30)56(37)46(12-13-46)42-50-43(59)62-52-42/h6-9,15-16,18-22,24,27,29H,10-14,17,23H2,1-5H3,(H,48,49)(H,50,52,59)/t27-,29-/m0/s1. The van der Waals surface area contributed by atoms with Gasteiger partial charge in [-0.15, -0.1) is 0 Å². The van der Waals surface area contributed by atoms with Gasteiger partial charge in [-0.1, -0.05) is 11.2 Å². The number of fused-ring (bicyclic) bond motifs is 3. The van der Waals surface area contributed by atoms with E-state index in [1.54, 1.807) is 58.5 Å². The van der Waals surface area contributed by atoms with Gasteiger partial charge in [0.2, 0.25) is 0 Å². The van der Waals surface area contributed by atoms with Crippen LogP contribution in [-0.4, -0.2) is 73.2 Å². The second-order valence-corrected chi connectivity index (χ2v) is 17.8. The minimum absolute atomic E-state index is 0.213. The molecule has 2 atom stereocenters. The van der Waals surface area contributed by atoms with Crippen molar-refractivity contribution in [2.45, 2.75) is 89.8 Å². The van der Waals surface area contributed by atoms with Gasteiger partial charge >= 0.3 is 11.4 Å². The van der Waals surface area contributed by atoms with Crippen LogP contribution in [0.5, 0.6) is 0 Å². The zero-order valence-corrected chi connectivity index (χ0v) is 35.0. The molecular weight excluding hydrogens is 792 g/mol. The predicted molar refractivity (Wildman–Crippen MR) is 228 cm³/mol. The Bertz CT molecular complexity index is 3220. The summed E-state index contributed by atoms with van der Waals surface area (Å²) in [6.45, 7) is 10.6. The molecule has 3 aliphatic rings. The van der Waals surface area contributed by atoms with E-state index in [1.807, 2.05) is 40.7 Å². The molecule has 5 aromatic heterocycles. The molecule has 7 heterocycles. The Hall–Kier alpha value is -6.81. The van der Waals surface area contributed by atoms with Crippen LogP contribution in [0.25, 0.3) is 39.1 Å². The summed E-state index contributed by atoms with van der Waals surface area (Å²) in [5.74, 6) is -0.0396. The molecule has 62 heavy (non-hydrogen) atoms. The zero-order valence-electron chi connectivity index (χ0n) is 35.0. The molecule has 11 rings (SSSR count). The van der Waals surface area contributed by atoms with Gasteiger partial charge in [-0.2, -0.15) is 5.10 Å². The lowest BCUT2D eigenvalue weighted by Gasteiger charge is -2.35. The van der Waals surface area contributed by atoms with Crippen molar-refractivity contribution in [2.75, 3.05) is 13.2 Å². The van der Waals surface area contributed by atoms with E-state index in [1.165, 1.54) is 5.56 Å². The maximum atomic E-state index is 15.4. The van der Waals surface area contributed by atoms with Crippen molar-refractivity contribution in [3.63, 3.8) is 0 Å². The maximum absolute atomic E-state index is 15.4. The van der Waals surface area contributed by atoms with E-state index in [2.05, 4.69) is 52.2 Å². The predicted octanol–water partition coefficient (Wildman–Crippen LogP) is 7.05. The van der Waals surface area contributed by atoms with Crippen LogP contribution >= 0.6 is 0 Å². The fourth-order valence-electron chi connectivity index (χ4n) is 10.1. The normalized spacial score (nSPS) is 19.4. The molecule has 2 N–H and O–H groups in total. The number of halogens is 1. The molecule has 0 unspecified atom stereocenters. The number of aromatic nitrogens is 9. The number of benzene rings is 3. The first-order valence-electron chi connectivity index (χ1n) is 21.1. The number of ether oxygens (including phenoxy) is 1. The molecule has 8 aromatic rings. The van der Waals surface area contributed by atoms with Crippen LogP contribution in [0.15, 0.2) is 87.4 Å².